The smallest absolute Gasteiger partial charge is 0.206 e. The Morgan fingerprint density at radius 1 is 1.48 bits per heavy atom. The molecule has 1 aliphatic heterocycles. The summed E-state index contributed by atoms with van der Waals surface area (Å²) in [5.41, 5.74) is 1.69. The predicted molar refractivity (Wildman–Crippen MR) is 114 cm³/mol. The van der Waals surface area contributed by atoms with E-state index in [1.54, 1.807) is 0 Å². The van der Waals surface area contributed by atoms with E-state index in [0.717, 1.165) is 35.6 Å². The van der Waals surface area contributed by atoms with Gasteiger partial charge in [0, 0.05) is 13.2 Å². The minimum Gasteiger partial charge on any atom is -0.510 e. The molecule has 0 bridgehead atoms. The number of aliphatic hydroxyl groups is 1. The summed E-state index contributed by atoms with van der Waals surface area (Å²) in [7, 11) is 0. The average Bonchev–Trinajstić information content (AvgIpc) is 3.47. The highest BCUT2D eigenvalue weighted by molar-refractivity contribution is 8.01. The van der Waals surface area contributed by atoms with Crippen LogP contribution in [0, 0.1) is 11.3 Å². The minimum absolute atomic E-state index is 0.0411. The molecule has 3 N–H and O–H groups in total. The fourth-order valence-corrected chi connectivity index (χ4v) is 5.01. The van der Waals surface area contributed by atoms with E-state index in [1.807, 2.05) is 31.2 Å². The SMILES string of the molecule is CC(Sc1nnc(NCC2CCCO2)s1)C(O)=C(C#N)c1nc2ccccc2[nH]1. The van der Waals surface area contributed by atoms with Crippen LogP contribution < -0.4 is 5.32 Å². The van der Waals surface area contributed by atoms with Crippen molar-refractivity contribution < 1.29 is 9.84 Å². The van der Waals surface area contributed by atoms with E-state index < -0.39 is 0 Å². The number of fused-ring (bicyclic) bond motifs is 1. The van der Waals surface area contributed by atoms with Gasteiger partial charge in [0.05, 0.1) is 22.4 Å². The molecule has 8 nitrogen and oxygen atoms in total. The van der Waals surface area contributed by atoms with Crippen molar-refractivity contribution in [3.8, 4) is 6.07 Å². The first-order valence-electron chi connectivity index (χ1n) is 9.28. The van der Waals surface area contributed by atoms with Gasteiger partial charge in [0.25, 0.3) is 0 Å². The van der Waals surface area contributed by atoms with Gasteiger partial charge in [-0.15, -0.1) is 10.2 Å². The van der Waals surface area contributed by atoms with Crippen molar-refractivity contribution in [3.63, 3.8) is 0 Å². The third-order valence-electron chi connectivity index (χ3n) is 4.57. The van der Waals surface area contributed by atoms with Crippen LogP contribution in [-0.2, 0) is 4.74 Å². The number of aromatic amines is 1. The highest BCUT2D eigenvalue weighted by atomic mass is 32.2. The second kappa shape index (κ2) is 8.82. The van der Waals surface area contributed by atoms with E-state index in [4.69, 9.17) is 4.74 Å². The first-order chi connectivity index (χ1) is 14.1. The minimum atomic E-state index is -0.378. The van der Waals surface area contributed by atoms with Crippen LogP contribution in [0.5, 0.6) is 0 Å². The summed E-state index contributed by atoms with van der Waals surface area (Å²) in [6, 6.07) is 9.56. The van der Waals surface area contributed by atoms with Crippen LogP contribution in [-0.4, -0.2) is 49.8 Å². The lowest BCUT2D eigenvalue weighted by molar-refractivity contribution is 0.120. The van der Waals surface area contributed by atoms with Crippen LogP contribution in [0.1, 0.15) is 25.6 Å². The maximum absolute atomic E-state index is 10.7. The number of imidazole rings is 1. The number of thioether (sulfide) groups is 1. The van der Waals surface area contributed by atoms with E-state index in [2.05, 4.69) is 31.6 Å². The Kier molecular flexibility index (Phi) is 5.99. The number of aromatic nitrogens is 4. The van der Waals surface area contributed by atoms with Gasteiger partial charge >= 0.3 is 0 Å². The summed E-state index contributed by atoms with van der Waals surface area (Å²) in [6.45, 7) is 3.35. The van der Waals surface area contributed by atoms with Gasteiger partial charge in [0.1, 0.15) is 17.4 Å². The zero-order valence-electron chi connectivity index (χ0n) is 15.8. The van der Waals surface area contributed by atoms with Crippen LogP contribution in [0.15, 0.2) is 34.4 Å². The van der Waals surface area contributed by atoms with E-state index in [-0.39, 0.29) is 22.7 Å². The Morgan fingerprint density at radius 2 is 2.34 bits per heavy atom. The van der Waals surface area contributed by atoms with Crippen molar-refractivity contribution in [2.24, 2.45) is 0 Å². The van der Waals surface area contributed by atoms with E-state index in [0.29, 0.717) is 16.7 Å². The Balaban J connectivity index is 1.45. The van der Waals surface area contributed by atoms with E-state index in [1.165, 1.54) is 23.1 Å². The summed E-state index contributed by atoms with van der Waals surface area (Å²) in [4.78, 5) is 7.49. The number of H-pyrrole nitrogens is 1. The number of para-hydroxylation sites is 2. The summed E-state index contributed by atoms with van der Waals surface area (Å²) < 4.78 is 6.30. The van der Waals surface area contributed by atoms with Crippen molar-refractivity contribution in [2.45, 2.75) is 35.5 Å². The van der Waals surface area contributed by atoms with Crippen LogP contribution in [0.3, 0.4) is 0 Å². The van der Waals surface area contributed by atoms with Gasteiger partial charge in [0.15, 0.2) is 10.2 Å². The highest BCUT2D eigenvalue weighted by Gasteiger charge is 2.21. The number of hydrogen-bond acceptors (Lipinski definition) is 9. The lowest BCUT2D eigenvalue weighted by Crippen LogP contribution is -2.18. The number of hydrogen-bond donors (Lipinski definition) is 3. The molecule has 0 aliphatic carbocycles. The molecule has 1 fully saturated rings. The zero-order chi connectivity index (χ0) is 20.2. The molecule has 3 aromatic rings. The van der Waals surface area contributed by atoms with Gasteiger partial charge in [-0.25, -0.2) is 4.98 Å². The van der Waals surface area contributed by atoms with Gasteiger partial charge in [-0.3, -0.25) is 0 Å². The third-order valence-corrected chi connectivity index (χ3v) is 6.64. The molecule has 0 amide bonds. The van der Waals surface area contributed by atoms with Crippen LogP contribution in [0.25, 0.3) is 16.6 Å². The fourth-order valence-electron chi connectivity index (χ4n) is 3.05. The van der Waals surface area contributed by atoms with E-state index in [9.17, 15) is 10.4 Å². The van der Waals surface area contributed by atoms with Gasteiger partial charge in [-0.2, -0.15) is 5.26 Å². The van der Waals surface area contributed by atoms with Crippen molar-refractivity contribution in [1.29, 1.82) is 5.26 Å². The fraction of sp³-hybridized carbons (Fsp3) is 0.368. The maximum Gasteiger partial charge on any atom is 0.206 e. The normalized spacial score (nSPS) is 18.4. The summed E-state index contributed by atoms with van der Waals surface area (Å²) in [5, 5.41) is 32.2. The topological polar surface area (TPSA) is 120 Å². The highest BCUT2D eigenvalue weighted by Crippen LogP contribution is 2.33. The van der Waals surface area contributed by atoms with Gasteiger partial charge in [-0.05, 0) is 31.9 Å². The molecule has 2 atom stereocenters. The number of nitrogens with zero attached hydrogens (tertiary/aromatic N) is 4. The molecule has 0 saturated carbocycles. The van der Waals surface area contributed by atoms with Crippen molar-refractivity contribution in [1.82, 2.24) is 20.2 Å². The number of aliphatic hydroxyl groups excluding tert-OH is 1. The summed E-state index contributed by atoms with van der Waals surface area (Å²) >= 11 is 2.76. The monoisotopic (exact) mass is 428 g/mol. The third kappa shape index (κ3) is 4.53. The standard InChI is InChI=1S/C19H20N6O2S2/c1-11(28-19-25-24-18(29-19)21-10-12-5-4-8-27-12)16(26)13(9-20)17-22-14-6-2-3-7-15(14)23-17/h2-3,6-7,11-12,26H,4-5,8,10H2,1H3,(H,21,24)(H,22,23). The molecule has 2 unspecified atom stereocenters. The molecule has 4 rings (SSSR count). The number of nitrogens with one attached hydrogen (secondary N) is 2. The number of benzene rings is 1. The van der Waals surface area contributed by atoms with Gasteiger partial charge in [0.2, 0.25) is 5.13 Å². The first-order valence-corrected chi connectivity index (χ1v) is 11.0. The summed E-state index contributed by atoms with van der Waals surface area (Å²) in [5.74, 6) is 0.315. The summed E-state index contributed by atoms with van der Waals surface area (Å²) in [6.07, 6.45) is 2.38. The molecule has 29 heavy (non-hydrogen) atoms. The van der Waals surface area contributed by atoms with Crippen LogP contribution in [0.2, 0.25) is 0 Å². The quantitative estimate of drug-likeness (QED) is 0.294. The molecular formula is C19H20N6O2S2. The zero-order valence-corrected chi connectivity index (χ0v) is 17.4. The van der Waals surface area contributed by atoms with Crippen molar-refractivity contribution >= 4 is 44.8 Å². The Morgan fingerprint density at radius 3 is 3.10 bits per heavy atom. The Hall–Kier alpha value is -2.61. The molecule has 3 heterocycles. The lowest BCUT2D eigenvalue weighted by atomic mass is 10.2. The van der Waals surface area contributed by atoms with E-state index >= 15 is 0 Å². The molecule has 1 saturated heterocycles. The number of anilines is 1. The molecule has 0 radical (unpaired) electrons. The maximum atomic E-state index is 10.7. The number of ether oxygens (including phenoxy) is 1. The van der Waals surface area contributed by atoms with Crippen LogP contribution >= 0.6 is 23.1 Å². The molecule has 0 spiro atoms. The molecule has 10 heteroatoms. The average molecular weight is 429 g/mol. The van der Waals surface area contributed by atoms with Gasteiger partial charge in [-0.1, -0.05) is 35.2 Å². The number of nitriles is 1. The lowest BCUT2D eigenvalue weighted by Gasteiger charge is -2.09. The van der Waals surface area contributed by atoms with Crippen LogP contribution in [0.4, 0.5) is 5.13 Å². The van der Waals surface area contributed by atoms with Crippen molar-refractivity contribution in [2.75, 3.05) is 18.5 Å². The second-order valence-electron chi connectivity index (χ2n) is 6.62. The predicted octanol–water partition coefficient (Wildman–Crippen LogP) is 3.98. The largest absolute Gasteiger partial charge is 0.510 e. The second-order valence-corrected chi connectivity index (χ2v) is 9.19. The molecule has 2 aromatic heterocycles. The Labute approximate surface area is 176 Å². The molecule has 150 valence electrons. The molecule has 1 aromatic carbocycles. The van der Waals surface area contributed by atoms with Gasteiger partial charge < -0.3 is 20.1 Å². The first kappa shape index (κ1) is 19.7. The number of allylic oxidation sites excluding steroid dienone is 1. The Bertz CT molecular complexity index is 1030. The van der Waals surface area contributed by atoms with Crippen molar-refractivity contribution in [3.05, 3.63) is 35.8 Å². The molecular weight excluding hydrogens is 408 g/mol. The molecule has 1 aliphatic rings. The number of rotatable bonds is 7.